The van der Waals surface area contributed by atoms with E-state index in [2.05, 4.69) is 6.07 Å². The molecule has 0 aliphatic rings. The highest BCUT2D eigenvalue weighted by Gasteiger charge is 2.15. The predicted molar refractivity (Wildman–Crippen MR) is 118 cm³/mol. The molecule has 1 heterocycles. The fraction of sp³-hybridized carbons (Fsp3) is 0.160. The summed E-state index contributed by atoms with van der Waals surface area (Å²) in [5, 5.41) is 10.0. The Bertz CT molecular complexity index is 1230. The van der Waals surface area contributed by atoms with Gasteiger partial charge in [0.2, 0.25) is 0 Å². The quantitative estimate of drug-likeness (QED) is 0.429. The van der Waals surface area contributed by atoms with Crippen molar-refractivity contribution in [1.29, 1.82) is 0 Å². The summed E-state index contributed by atoms with van der Waals surface area (Å²) >= 11 is 0. The van der Waals surface area contributed by atoms with Crippen molar-refractivity contribution in [2.24, 2.45) is 5.73 Å². The van der Waals surface area contributed by atoms with Crippen LogP contribution in [-0.4, -0.2) is 18.2 Å². The van der Waals surface area contributed by atoms with E-state index in [-0.39, 0.29) is 13.0 Å². The van der Waals surface area contributed by atoms with Crippen LogP contribution in [0.15, 0.2) is 71.3 Å². The third kappa shape index (κ3) is 4.39. The largest absolute Gasteiger partial charge is 0.493 e. The van der Waals surface area contributed by atoms with Gasteiger partial charge >= 0.3 is 5.97 Å². The Labute approximate surface area is 179 Å². The van der Waals surface area contributed by atoms with Gasteiger partial charge in [0.25, 0.3) is 0 Å². The van der Waals surface area contributed by atoms with Crippen LogP contribution in [0.4, 0.5) is 0 Å². The molecule has 0 bridgehead atoms. The van der Waals surface area contributed by atoms with Gasteiger partial charge in [0, 0.05) is 23.1 Å². The van der Waals surface area contributed by atoms with Crippen LogP contribution in [-0.2, 0) is 24.4 Å². The molecule has 3 aromatic carbocycles. The molecule has 0 unspecified atom stereocenters. The number of fused-ring (bicyclic) bond motifs is 1. The number of hydrogen-bond acceptors (Lipinski definition) is 5. The van der Waals surface area contributed by atoms with Crippen molar-refractivity contribution in [1.82, 2.24) is 0 Å². The van der Waals surface area contributed by atoms with Gasteiger partial charge in [-0.3, -0.25) is 4.79 Å². The number of methoxy groups -OCH3 is 1. The van der Waals surface area contributed by atoms with Crippen LogP contribution in [0, 0.1) is 0 Å². The first-order valence-electron chi connectivity index (χ1n) is 9.89. The Morgan fingerprint density at radius 1 is 1.00 bits per heavy atom. The Hall–Kier alpha value is -3.77. The standard InChI is InChI=1S/C25H23NO5/c1-29-23-11-19(17-7-4-5-16(9-17)13-26)10-21-20(15-31-25(21)23)14-30-22-8-3-2-6-18(22)12-24(27)28/h2-11,15H,12-14,26H2,1H3,(H,27,28). The second-order valence-corrected chi connectivity index (χ2v) is 7.19. The SMILES string of the molecule is COc1cc(-c2cccc(CN)c2)cc2c(COc3ccccc3CC(=O)O)coc12. The molecule has 0 amide bonds. The molecule has 4 rings (SSSR count). The average Bonchev–Trinajstić information content (AvgIpc) is 3.20. The second kappa shape index (κ2) is 8.93. The van der Waals surface area contributed by atoms with Crippen molar-refractivity contribution in [3.8, 4) is 22.6 Å². The fourth-order valence-corrected chi connectivity index (χ4v) is 3.57. The first kappa shape index (κ1) is 20.5. The summed E-state index contributed by atoms with van der Waals surface area (Å²) in [7, 11) is 1.61. The summed E-state index contributed by atoms with van der Waals surface area (Å²) in [5.41, 5.74) is 11.0. The number of nitrogens with two attached hydrogens (primary N) is 1. The number of carboxylic acid groups (broad SMARTS) is 1. The minimum Gasteiger partial charge on any atom is -0.493 e. The summed E-state index contributed by atoms with van der Waals surface area (Å²) in [4.78, 5) is 11.1. The Balaban J connectivity index is 1.69. The molecule has 3 N–H and O–H groups in total. The van der Waals surface area contributed by atoms with Gasteiger partial charge < -0.3 is 24.7 Å². The fourth-order valence-electron chi connectivity index (χ4n) is 3.57. The maximum Gasteiger partial charge on any atom is 0.307 e. The zero-order chi connectivity index (χ0) is 21.8. The van der Waals surface area contributed by atoms with Crippen LogP contribution in [0.3, 0.4) is 0 Å². The molecule has 158 valence electrons. The number of ether oxygens (including phenoxy) is 2. The first-order valence-corrected chi connectivity index (χ1v) is 9.89. The van der Waals surface area contributed by atoms with E-state index in [1.165, 1.54) is 0 Å². The maximum atomic E-state index is 11.1. The lowest BCUT2D eigenvalue weighted by atomic mass is 10.00. The summed E-state index contributed by atoms with van der Waals surface area (Å²) in [6, 6.07) is 19.2. The predicted octanol–water partition coefficient (Wildman–Crippen LogP) is 4.77. The highest BCUT2D eigenvalue weighted by atomic mass is 16.5. The lowest BCUT2D eigenvalue weighted by Gasteiger charge is -2.11. The van der Waals surface area contributed by atoms with Gasteiger partial charge in [-0.15, -0.1) is 0 Å². The first-order chi connectivity index (χ1) is 15.1. The van der Waals surface area contributed by atoms with E-state index >= 15 is 0 Å². The number of hydrogen-bond donors (Lipinski definition) is 2. The Morgan fingerprint density at radius 2 is 1.84 bits per heavy atom. The van der Waals surface area contributed by atoms with Crippen LogP contribution in [0.2, 0.25) is 0 Å². The Kier molecular flexibility index (Phi) is 5.91. The highest BCUT2D eigenvalue weighted by Crippen LogP contribution is 2.36. The molecule has 0 spiro atoms. The summed E-state index contributed by atoms with van der Waals surface area (Å²) in [6.07, 6.45) is 1.55. The molecule has 4 aromatic rings. The zero-order valence-electron chi connectivity index (χ0n) is 17.1. The van der Waals surface area contributed by atoms with Gasteiger partial charge in [-0.1, -0.05) is 36.4 Å². The van der Waals surface area contributed by atoms with Crippen LogP contribution >= 0.6 is 0 Å². The topological polar surface area (TPSA) is 94.9 Å². The van der Waals surface area contributed by atoms with E-state index in [1.54, 1.807) is 31.6 Å². The maximum absolute atomic E-state index is 11.1. The molecule has 6 heteroatoms. The van der Waals surface area contributed by atoms with Crippen molar-refractivity contribution in [2.45, 2.75) is 19.6 Å². The number of carbonyl (C=O) groups is 1. The number of para-hydroxylation sites is 1. The van der Waals surface area contributed by atoms with Gasteiger partial charge in [0.1, 0.15) is 12.4 Å². The van der Waals surface area contributed by atoms with Crippen LogP contribution in [0.5, 0.6) is 11.5 Å². The van der Waals surface area contributed by atoms with Gasteiger partial charge in [-0.25, -0.2) is 0 Å². The molecule has 31 heavy (non-hydrogen) atoms. The summed E-state index contributed by atoms with van der Waals surface area (Å²) in [6.45, 7) is 0.701. The van der Waals surface area contributed by atoms with E-state index in [0.717, 1.165) is 27.6 Å². The van der Waals surface area contributed by atoms with Crippen LogP contribution in [0.1, 0.15) is 16.7 Å². The average molecular weight is 417 g/mol. The lowest BCUT2D eigenvalue weighted by Crippen LogP contribution is -2.04. The minimum atomic E-state index is -0.904. The smallest absolute Gasteiger partial charge is 0.307 e. The Morgan fingerprint density at radius 3 is 2.61 bits per heavy atom. The van der Waals surface area contributed by atoms with Gasteiger partial charge in [-0.2, -0.15) is 0 Å². The highest BCUT2D eigenvalue weighted by molar-refractivity contribution is 5.91. The van der Waals surface area contributed by atoms with Gasteiger partial charge in [0.15, 0.2) is 11.3 Å². The molecule has 0 saturated carbocycles. The molecule has 0 radical (unpaired) electrons. The molecule has 1 aromatic heterocycles. The van der Waals surface area contributed by atoms with Crippen LogP contribution < -0.4 is 15.2 Å². The van der Waals surface area contributed by atoms with Crippen molar-refractivity contribution in [3.63, 3.8) is 0 Å². The van der Waals surface area contributed by atoms with E-state index < -0.39 is 5.97 Å². The monoisotopic (exact) mass is 417 g/mol. The minimum absolute atomic E-state index is 0.0994. The molecular formula is C25H23NO5. The van der Waals surface area contributed by atoms with Crippen LogP contribution in [0.25, 0.3) is 22.1 Å². The molecule has 6 nitrogen and oxygen atoms in total. The molecule has 0 aliphatic carbocycles. The number of rotatable bonds is 8. The number of aliphatic carboxylic acids is 1. The van der Waals surface area contributed by atoms with Crippen molar-refractivity contribution >= 4 is 16.9 Å². The summed E-state index contributed by atoms with van der Waals surface area (Å²) in [5.74, 6) is 0.264. The molecular weight excluding hydrogens is 394 g/mol. The number of carboxylic acids is 1. The number of benzene rings is 3. The van der Waals surface area contributed by atoms with E-state index in [1.807, 2.05) is 36.4 Å². The molecule has 0 aliphatic heterocycles. The number of furan rings is 1. The lowest BCUT2D eigenvalue weighted by molar-refractivity contribution is -0.136. The molecule has 0 atom stereocenters. The van der Waals surface area contributed by atoms with Crippen molar-refractivity contribution < 1.29 is 23.8 Å². The second-order valence-electron chi connectivity index (χ2n) is 7.19. The van der Waals surface area contributed by atoms with E-state index in [9.17, 15) is 4.79 Å². The normalized spacial score (nSPS) is 10.9. The third-order valence-corrected chi connectivity index (χ3v) is 5.13. The third-order valence-electron chi connectivity index (χ3n) is 5.13. The summed E-state index contributed by atoms with van der Waals surface area (Å²) < 4.78 is 17.3. The van der Waals surface area contributed by atoms with E-state index in [4.69, 9.17) is 24.7 Å². The molecule has 0 fully saturated rings. The van der Waals surface area contributed by atoms with Crippen molar-refractivity contribution in [3.05, 3.63) is 83.6 Å². The van der Waals surface area contributed by atoms with Gasteiger partial charge in [0.05, 0.1) is 19.8 Å². The van der Waals surface area contributed by atoms with E-state index in [0.29, 0.717) is 29.2 Å². The van der Waals surface area contributed by atoms with Crippen molar-refractivity contribution in [2.75, 3.05) is 7.11 Å². The molecule has 0 saturated heterocycles. The zero-order valence-corrected chi connectivity index (χ0v) is 17.1. The van der Waals surface area contributed by atoms with Gasteiger partial charge in [-0.05, 0) is 41.0 Å².